The quantitative estimate of drug-likeness (QED) is 0.702. The minimum Gasteiger partial charge on any atom is -0.483 e. The summed E-state index contributed by atoms with van der Waals surface area (Å²) in [7, 11) is 0. The summed E-state index contributed by atoms with van der Waals surface area (Å²) in [6, 6.07) is 15.7. The molecule has 0 bridgehead atoms. The predicted octanol–water partition coefficient (Wildman–Crippen LogP) is 2.86. The van der Waals surface area contributed by atoms with E-state index in [0.29, 0.717) is 13.0 Å². The fourth-order valence-electron chi connectivity index (χ4n) is 2.58. The molecule has 0 saturated heterocycles. The van der Waals surface area contributed by atoms with Gasteiger partial charge in [0.15, 0.2) is 6.61 Å². The van der Waals surface area contributed by atoms with E-state index in [0.717, 1.165) is 34.6 Å². The third-order valence-electron chi connectivity index (χ3n) is 3.83. The molecule has 124 valence electrons. The topological polar surface area (TPSA) is 67.0 Å². The highest BCUT2D eigenvalue weighted by atomic mass is 16.5. The molecule has 0 saturated carbocycles. The number of para-hydroxylation sites is 3. The average Bonchev–Trinajstić information content (AvgIpc) is 3.03. The zero-order chi connectivity index (χ0) is 16.8. The molecule has 0 spiro atoms. The molecule has 0 aliphatic carbocycles. The standard InChI is InChI=1S/C19H21N3O2/c1-2-14-7-3-6-10-17(14)24-13-19(23)20-12-11-18-21-15-8-4-5-9-16(15)22-18/h3-10H,2,11-13H2,1H3,(H,20,23)(H,21,22). The Labute approximate surface area is 141 Å². The maximum absolute atomic E-state index is 11.9. The van der Waals surface area contributed by atoms with Gasteiger partial charge in [0.1, 0.15) is 11.6 Å². The molecule has 0 radical (unpaired) electrons. The highest BCUT2D eigenvalue weighted by molar-refractivity contribution is 5.77. The Bertz CT molecular complexity index is 793. The van der Waals surface area contributed by atoms with E-state index >= 15 is 0 Å². The number of aryl methyl sites for hydroxylation is 1. The zero-order valence-electron chi connectivity index (χ0n) is 13.7. The number of rotatable bonds is 7. The third-order valence-corrected chi connectivity index (χ3v) is 3.83. The van der Waals surface area contributed by atoms with E-state index in [1.54, 1.807) is 0 Å². The minimum atomic E-state index is -0.128. The van der Waals surface area contributed by atoms with Gasteiger partial charge in [0.2, 0.25) is 0 Å². The zero-order valence-corrected chi connectivity index (χ0v) is 13.7. The van der Waals surface area contributed by atoms with Crippen LogP contribution in [0.4, 0.5) is 0 Å². The van der Waals surface area contributed by atoms with Gasteiger partial charge in [-0.15, -0.1) is 0 Å². The molecule has 0 unspecified atom stereocenters. The van der Waals surface area contributed by atoms with Gasteiger partial charge in [-0.25, -0.2) is 4.98 Å². The van der Waals surface area contributed by atoms with Crippen molar-refractivity contribution in [3.8, 4) is 5.75 Å². The van der Waals surface area contributed by atoms with Crippen LogP contribution in [0.1, 0.15) is 18.3 Å². The van der Waals surface area contributed by atoms with Crippen LogP contribution < -0.4 is 10.1 Å². The smallest absolute Gasteiger partial charge is 0.257 e. The van der Waals surface area contributed by atoms with E-state index in [9.17, 15) is 4.79 Å². The van der Waals surface area contributed by atoms with Crippen LogP contribution in [0.3, 0.4) is 0 Å². The van der Waals surface area contributed by atoms with Gasteiger partial charge in [0.05, 0.1) is 11.0 Å². The fraction of sp³-hybridized carbons (Fsp3) is 0.263. The number of nitrogens with zero attached hydrogens (tertiary/aromatic N) is 1. The molecule has 3 rings (SSSR count). The van der Waals surface area contributed by atoms with Crippen LogP contribution in [0.25, 0.3) is 11.0 Å². The molecule has 0 atom stereocenters. The lowest BCUT2D eigenvalue weighted by atomic mass is 10.1. The van der Waals surface area contributed by atoms with Crippen molar-refractivity contribution in [1.29, 1.82) is 0 Å². The van der Waals surface area contributed by atoms with Crippen LogP contribution in [-0.4, -0.2) is 29.0 Å². The average molecular weight is 323 g/mol. The molecule has 2 N–H and O–H groups in total. The lowest BCUT2D eigenvalue weighted by Gasteiger charge is -2.10. The van der Waals surface area contributed by atoms with Gasteiger partial charge in [-0.2, -0.15) is 0 Å². The van der Waals surface area contributed by atoms with Crippen molar-refractivity contribution in [2.24, 2.45) is 0 Å². The minimum absolute atomic E-state index is 0.0249. The van der Waals surface area contributed by atoms with Gasteiger partial charge in [-0.1, -0.05) is 37.3 Å². The Morgan fingerprint density at radius 2 is 1.96 bits per heavy atom. The molecule has 1 amide bonds. The highest BCUT2D eigenvalue weighted by Gasteiger charge is 2.06. The molecule has 1 heterocycles. The second-order valence-corrected chi connectivity index (χ2v) is 5.55. The molecular weight excluding hydrogens is 302 g/mol. The molecule has 3 aromatic rings. The summed E-state index contributed by atoms with van der Waals surface area (Å²) in [5, 5.41) is 2.86. The van der Waals surface area contributed by atoms with Crippen LogP contribution in [0.15, 0.2) is 48.5 Å². The van der Waals surface area contributed by atoms with Crippen LogP contribution in [-0.2, 0) is 17.6 Å². The predicted molar refractivity (Wildman–Crippen MR) is 94.1 cm³/mol. The molecule has 0 aliphatic rings. The number of hydrogen-bond donors (Lipinski definition) is 2. The first-order valence-corrected chi connectivity index (χ1v) is 8.17. The van der Waals surface area contributed by atoms with Gasteiger partial charge < -0.3 is 15.0 Å². The SMILES string of the molecule is CCc1ccccc1OCC(=O)NCCc1nc2ccccc2[nH]1. The highest BCUT2D eigenvalue weighted by Crippen LogP contribution is 2.17. The van der Waals surface area contributed by atoms with Gasteiger partial charge in [0, 0.05) is 13.0 Å². The lowest BCUT2D eigenvalue weighted by molar-refractivity contribution is -0.123. The van der Waals surface area contributed by atoms with E-state index < -0.39 is 0 Å². The number of carbonyl (C=O) groups excluding carboxylic acids is 1. The summed E-state index contributed by atoms with van der Waals surface area (Å²) >= 11 is 0. The Morgan fingerprint density at radius 3 is 2.79 bits per heavy atom. The lowest BCUT2D eigenvalue weighted by Crippen LogP contribution is -2.30. The monoisotopic (exact) mass is 323 g/mol. The first-order chi connectivity index (χ1) is 11.8. The number of aromatic amines is 1. The number of aromatic nitrogens is 2. The number of hydrogen-bond acceptors (Lipinski definition) is 3. The van der Waals surface area contributed by atoms with Gasteiger partial charge in [-0.3, -0.25) is 4.79 Å². The Balaban J connectivity index is 1.45. The van der Waals surface area contributed by atoms with Crippen molar-refractivity contribution < 1.29 is 9.53 Å². The van der Waals surface area contributed by atoms with Gasteiger partial charge in [0.25, 0.3) is 5.91 Å². The van der Waals surface area contributed by atoms with E-state index in [2.05, 4.69) is 22.2 Å². The molecule has 2 aromatic carbocycles. The molecule has 0 fully saturated rings. The number of imidazole rings is 1. The Morgan fingerprint density at radius 1 is 1.17 bits per heavy atom. The van der Waals surface area contributed by atoms with Crippen LogP contribution >= 0.6 is 0 Å². The summed E-state index contributed by atoms with van der Waals surface area (Å²) in [5.41, 5.74) is 3.06. The number of benzene rings is 2. The Hall–Kier alpha value is -2.82. The first-order valence-electron chi connectivity index (χ1n) is 8.17. The van der Waals surface area contributed by atoms with Gasteiger partial charge in [-0.05, 0) is 30.2 Å². The maximum atomic E-state index is 11.9. The normalized spacial score (nSPS) is 10.7. The number of ether oxygens (including phenoxy) is 1. The number of amides is 1. The second-order valence-electron chi connectivity index (χ2n) is 5.55. The molecule has 1 aromatic heterocycles. The molecule has 0 aliphatic heterocycles. The summed E-state index contributed by atoms with van der Waals surface area (Å²) in [5.74, 6) is 1.51. The van der Waals surface area contributed by atoms with Crippen LogP contribution in [0.5, 0.6) is 5.75 Å². The van der Waals surface area contributed by atoms with Crippen LogP contribution in [0, 0.1) is 0 Å². The van der Waals surface area contributed by atoms with Crippen LogP contribution in [0.2, 0.25) is 0 Å². The van der Waals surface area contributed by atoms with Crippen molar-refractivity contribution in [2.45, 2.75) is 19.8 Å². The fourth-order valence-corrected chi connectivity index (χ4v) is 2.58. The van der Waals surface area contributed by atoms with Crippen molar-refractivity contribution in [3.05, 3.63) is 59.9 Å². The van der Waals surface area contributed by atoms with Crippen molar-refractivity contribution in [1.82, 2.24) is 15.3 Å². The van der Waals surface area contributed by atoms with E-state index in [1.165, 1.54) is 0 Å². The summed E-state index contributed by atoms with van der Waals surface area (Å²) in [6.07, 6.45) is 1.54. The first kappa shape index (κ1) is 16.1. The van der Waals surface area contributed by atoms with Gasteiger partial charge >= 0.3 is 0 Å². The molecule has 24 heavy (non-hydrogen) atoms. The molecule has 5 nitrogen and oxygen atoms in total. The number of fused-ring (bicyclic) bond motifs is 1. The third kappa shape index (κ3) is 3.93. The number of carbonyl (C=O) groups is 1. The largest absolute Gasteiger partial charge is 0.483 e. The summed E-state index contributed by atoms with van der Waals surface area (Å²) in [4.78, 5) is 19.6. The van der Waals surface area contributed by atoms with E-state index in [1.807, 2.05) is 48.5 Å². The van der Waals surface area contributed by atoms with Crippen molar-refractivity contribution >= 4 is 16.9 Å². The second kappa shape index (κ2) is 7.64. The maximum Gasteiger partial charge on any atom is 0.257 e. The summed E-state index contributed by atoms with van der Waals surface area (Å²) < 4.78 is 5.61. The van der Waals surface area contributed by atoms with Crippen molar-refractivity contribution in [3.63, 3.8) is 0 Å². The van der Waals surface area contributed by atoms with E-state index in [-0.39, 0.29) is 12.5 Å². The number of H-pyrrole nitrogens is 1. The van der Waals surface area contributed by atoms with Crippen molar-refractivity contribution in [2.75, 3.05) is 13.2 Å². The summed E-state index contributed by atoms with van der Waals surface area (Å²) in [6.45, 7) is 2.62. The molecular formula is C19H21N3O2. The Kier molecular flexibility index (Phi) is 5.11. The van der Waals surface area contributed by atoms with E-state index in [4.69, 9.17) is 4.74 Å². The number of nitrogens with one attached hydrogen (secondary N) is 2. The molecule has 5 heteroatoms.